The Hall–Kier alpha value is -1.45. The van der Waals surface area contributed by atoms with Gasteiger partial charge in [0.25, 0.3) is 5.78 Å². The third kappa shape index (κ3) is 3.09. The Morgan fingerprint density at radius 3 is 0.920 bits per heavy atom. The molecule has 0 saturated heterocycles. The molecule has 1 nitrogen and oxygen atoms in total. The molecular formula is C8F16O. The summed E-state index contributed by atoms with van der Waals surface area (Å²) in [7, 11) is 0. The molecular weight excluding hydrogens is 416 g/mol. The first-order chi connectivity index (χ1) is 10.4. The summed E-state index contributed by atoms with van der Waals surface area (Å²) in [5.74, 6) is -29.4. The van der Waals surface area contributed by atoms with Crippen molar-refractivity contribution < 1.29 is 75.0 Å². The molecule has 0 radical (unpaired) electrons. The zero-order chi connectivity index (χ0) is 21.1. The molecule has 0 aliphatic heterocycles. The number of Topliss-reactive ketones (excluding diaryl/α,β-unsaturated/α-hetero) is 1. The highest BCUT2D eigenvalue weighted by Gasteiger charge is 2.90. The van der Waals surface area contributed by atoms with Crippen LogP contribution in [0.1, 0.15) is 0 Å². The van der Waals surface area contributed by atoms with E-state index < -0.39 is 47.7 Å². The van der Waals surface area contributed by atoms with Gasteiger partial charge in [0.15, 0.2) is 0 Å². The molecule has 0 rings (SSSR count). The molecule has 0 saturated carbocycles. The minimum Gasteiger partial charge on any atom is -0.286 e. The van der Waals surface area contributed by atoms with Crippen LogP contribution in [0.3, 0.4) is 0 Å². The zero-order valence-corrected chi connectivity index (χ0v) is 10.5. The second-order valence-corrected chi connectivity index (χ2v) is 4.20. The summed E-state index contributed by atoms with van der Waals surface area (Å²) >= 11 is 0. The summed E-state index contributed by atoms with van der Waals surface area (Å²) in [6, 6.07) is 0. The van der Waals surface area contributed by atoms with Gasteiger partial charge in [-0.15, -0.1) is 0 Å². The first kappa shape index (κ1) is 23.5. The molecule has 17 heteroatoms. The molecule has 0 aromatic rings. The Morgan fingerprint density at radius 1 is 0.440 bits per heavy atom. The van der Waals surface area contributed by atoms with Crippen LogP contribution in [0.15, 0.2) is 0 Å². The van der Waals surface area contributed by atoms with Crippen LogP contribution in [0.25, 0.3) is 0 Å². The predicted molar refractivity (Wildman–Crippen MR) is 41.9 cm³/mol. The minimum atomic E-state index is -8.17. The first-order valence-electron chi connectivity index (χ1n) is 4.98. The Kier molecular flexibility index (Phi) is 5.20. The van der Waals surface area contributed by atoms with E-state index in [1.165, 1.54) is 0 Å². The van der Waals surface area contributed by atoms with Crippen LogP contribution in [-0.4, -0.2) is 47.7 Å². The lowest BCUT2D eigenvalue weighted by atomic mass is 9.88. The summed E-state index contributed by atoms with van der Waals surface area (Å²) < 4.78 is 196. The summed E-state index contributed by atoms with van der Waals surface area (Å²) in [5, 5.41) is 0. The van der Waals surface area contributed by atoms with Gasteiger partial charge in [0.2, 0.25) is 0 Å². The topological polar surface area (TPSA) is 17.1 Å². The van der Waals surface area contributed by atoms with E-state index >= 15 is 0 Å². The number of rotatable bonds is 4. The Bertz CT molecular complexity index is 504. The van der Waals surface area contributed by atoms with Crippen molar-refractivity contribution in [2.24, 2.45) is 0 Å². The third-order valence-corrected chi connectivity index (χ3v) is 2.53. The van der Waals surface area contributed by atoms with E-state index in [1.807, 2.05) is 0 Å². The molecule has 0 aromatic heterocycles. The molecule has 0 heterocycles. The number of carbonyl (C=O) groups is 1. The van der Waals surface area contributed by atoms with E-state index in [2.05, 4.69) is 0 Å². The molecule has 0 N–H and O–H groups in total. The van der Waals surface area contributed by atoms with Gasteiger partial charge >= 0.3 is 42.0 Å². The van der Waals surface area contributed by atoms with E-state index in [4.69, 9.17) is 0 Å². The largest absolute Gasteiger partial charge is 0.460 e. The van der Waals surface area contributed by atoms with Crippen LogP contribution in [0, 0.1) is 0 Å². The second kappa shape index (κ2) is 5.52. The van der Waals surface area contributed by atoms with Gasteiger partial charge < -0.3 is 0 Å². The number of hydrogen-bond acceptors (Lipinski definition) is 1. The highest BCUT2D eigenvalue weighted by Crippen LogP contribution is 2.58. The van der Waals surface area contributed by atoms with Crippen molar-refractivity contribution in [2.45, 2.75) is 42.0 Å². The van der Waals surface area contributed by atoms with Gasteiger partial charge in [0, 0.05) is 0 Å². The normalized spacial score (nSPS) is 16.2. The van der Waals surface area contributed by atoms with E-state index in [0.717, 1.165) is 0 Å². The van der Waals surface area contributed by atoms with Crippen LogP contribution in [0.5, 0.6) is 0 Å². The summed E-state index contributed by atoms with van der Waals surface area (Å²) in [6.45, 7) is 0. The monoisotopic (exact) mass is 416 g/mol. The van der Waals surface area contributed by atoms with Crippen molar-refractivity contribution >= 4 is 5.78 Å². The molecule has 0 fully saturated rings. The molecule has 150 valence electrons. The van der Waals surface area contributed by atoms with E-state index in [0.29, 0.717) is 0 Å². The maximum absolute atomic E-state index is 13.0. The molecule has 0 bridgehead atoms. The van der Waals surface area contributed by atoms with Crippen molar-refractivity contribution in [3.8, 4) is 0 Å². The number of hydrogen-bond donors (Lipinski definition) is 0. The quantitative estimate of drug-likeness (QED) is 0.599. The van der Waals surface area contributed by atoms with Crippen molar-refractivity contribution in [1.29, 1.82) is 0 Å². The fourth-order valence-corrected chi connectivity index (χ4v) is 1.19. The summed E-state index contributed by atoms with van der Waals surface area (Å²) in [5.41, 5.74) is -8.17. The highest BCUT2D eigenvalue weighted by molar-refractivity contribution is 5.94. The van der Waals surface area contributed by atoms with Crippen molar-refractivity contribution in [3.05, 3.63) is 0 Å². The Balaban J connectivity index is 6.57. The van der Waals surface area contributed by atoms with Gasteiger partial charge in [-0.05, 0) is 0 Å². The lowest BCUT2D eigenvalue weighted by molar-refractivity contribution is -0.394. The second-order valence-electron chi connectivity index (χ2n) is 4.20. The number of ketones is 1. The Labute approximate surface area is 124 Å². The van der Waals surface area contributed by atoms with E-state index in [9.17, 15) is 75.0 Å². The van der Waals surface area contributed by atoms with Crippen LogP contribution in [0.4, 0.5) is 70.2 Å². The number of carbonyl (C=O) groups excluding carboxylic acids is 1. The molecule has 0 amide bonds. The fourth-order valence-electron chi connectivity index (χ4n) is 1.19. The van der Waals surface area contributed by atoms with Crippen molar-refractivity contribution in [2.75, 3.05) is 0 Å². The average molecular weight is 416 g/mol. The van der Waals surface area contributed by atoms with Crippen LogP contribution in [0.2, 0.25) is 0 Å². The molecule has 0 aliphatic carbocycles. The van der Waals surface area contributed by atoms with Gasteiger partial charge in [-0.3, -0.25) is 4.79 Å². The maximum atomic E-state index is 13.0. The minimum absolute atomic E-state index is 5.57. The molecule has 0 spiro atoms. The van der Waals surface area contributed by atoms with Gasteiger partial charge in [0.1, 0.15) is 0 Å². The average Bonchev–Trinajstić information content (AvgIpc) is 2.31. The molecule has 0 aromatic carbocycles. The van der Waals surface area contributed by atoms with E-state index in [1.54, 1.807) is 0 Å². The smallest absolute Gasteiger partial charge is 0.286 e. The predicted octanol–water partition coefficient (Wildman–Crippen LogP) is 4.86. The summed E-state index contributed by atoms with van der Waals surface area (Å²) in [6.07, 6.45) is -23.3. The molecule has 0 unspecified atom stereocenters. The van der Waals surface area contributed by atoms with Gasteiger partial charge in [0.05, 0.1) is 0 Å². The van der Waals surface area contributed by atoms with Gasteiger partial charge in [-0.1, -0.05) is 0 Å². The van der Waals surface area contributed by atoms with Crippen LogP contribution in [-0.2, 0) is 4.79 Å². The van der Waals surface area contributed by atoms with Gasteiger partial charge in [-0.2, -0.15) is 65.9 Å². The SMILES string of the molecule is O=C(C(F)(F)C(F)(F)C(F)(F)F)C(F)(F)C(F)(C(F)(F)F)C(F)(F)F. The van der Waals surface area contributed by atoms with Crippen LogP contribution >= 0.6 is 0 Å². The third-order valence-electron chi connectivity index (χ3n) is 2.53. The zero-order valence-electron chi connectivity index (χ0n) is 10.5. The van der Waals surface area contributed by atoms with Crippen molar-refractivity contribution in [1.82, 2.24) is 0 Å². The lowest BCUT2D eigenvalue weighted by Gasteiger charge is -2.37. The van der Waals surface area contributed by atoms with Crippen molar-refractivity contribution in [3.63, 3.8) is 0 Å². The Morgan fingerprint density at radius 2 is 0.720 bits per heavy atom. The van der Waals surface area contributed by atoms with E-state index in [-0.39, 0.29) is 0 Å². The molecule has 0 atom stereocenters. The summed E-state index contributed by atoms with van der Waals surface area (Å²) in [4.78, 5) is 10.4. The lowest BCUT2D eigenvalue weighted by Crippen LogP contribution is -2.71. The maximum Gasteiger partial charge on any atom is 0.460 e. The molecule has 25 heavy (non-hydrogen) atoms. The van der Waals surface area contributed by atoms with Crippen LogP contribution < -0.4 is 0 Å². The highest BCUT2D eigenvalue weighted by atomic mass is 19.4. The number of alkyl halides is 16. The van der Waals surface area contributed by atoms with Gasteiger partial charge in [-0.25, -0.2) is 4.39 Å². The fraction of sp³-hybridized carbons (Fsp3) is 0.875. The molecule has 0 aliphatic rings. The number of halogens is 16. The first-order valence-corrected chi connectivity index (χ1v) is 4.98. The standard InChI is InChI=1S/C8F16O/c9-2(10,4(13,6(16,17)18)7(19,20)21)1(25)3(11,12)5(14,15)8(22,23)24.